The lowest BCUT2D eigenvalue weighted by Crippen LogP contribution is -2.33. The van der Waals surface area contributed by atoms with Crippen molar-refractivity contribution in [2.24, 2.45) is 5.41 Å². The summed E-state index contributed by atoms with van der Waals surface area (Å²) in [6.07, 6.45) is 2.88. The van der Waals surface area contributed by atoms with Crippen LogP contribution >= 0.6 is 11.6 Å². The van der Waals surface area contributed by atoms with Gasteiger partial charge in [-0.1, -0.05) is 32.0 Å². The number of halogens is 1. The molecular weight excluding hydrogens is 294 g/mol. The summed E-state index contributed by atoms with van der Waals surface area (Å²) in [7, 11) is -3.43. The van der Waals surface area contributed by atoms with Gasteiger partial charge in [0, 0.05) is 19.0 Å². The van der Waals surface area contributed by atoms with E-state index in [1.165, 1.54) is 0 Å². The molecule has 0 spiro atoms. The molecule has 1 saturated heterocycles. The molecule has 2 rings (SSSR count). The van der Waals surface area contributed by atoms with E-state index in [1.807, 2.05) is 6.07 Å². The molecule has 1 fully saturated rings. The van der Waals surface area contributed by atoms with Crippen LogP contribution in [-0.4, -0.2) is 25.8 Å². The lowest BCUT2D eigenvalue weighted by atomic mass is 9.85. The van der Waals surface area contributed by atoms with Gasteiger partial charge in [0.25, 0.3) is 0 Å². The number of hydrogen-bond donors (Lipinski definition) is 0. The second-order valence-corrected chi connectivity index (χ2v) is 8.34. The van der Waals surface area contributed by atoms with Gasteiger partial charge >= 0.3 is 0 Å². The summed E-state index contributed by atoms with van der Waals surface area (Å²) < 4.78 is 27.2. The number of nitrogens with zero attached hydrogens (tertiary/aromatic N) is 1. The summed E-state index contributed by atoms with van der Waals surface area (Å²) in [5.41, 5.74) is 0.897. The molecule has 1 aliphatic heterocycles. The van der Waals surface area contributed by atoms with Crippen molar-refractivity contribution in [1.29, 1.82) is 0 Å². The zero-order valence-corrected chi connectivity index (χ0v) is 13.7. The molecule has 1 aliphatic rings. The highest BCUT2D eigenvalue weighted by Gasteiger charge is 2.31. The Labute approximate surface area is 127 Å². The first-order valence-electron chi connectivity index (χ1n) is 7.01. The fraction of sp³-hybridized carbons (Fsp3) is 0.600. The van der Waals surface area contributed by atoms with Gasteiger partial charge in [-0.25, -0.2) is 8.42 Å². The molecule has 0 aromatic heterocycles. The Morgan fingerprint density at radius 3 is 2.60 bits per heavy atom. The zero-order valence-electron chi connectivity index (χ0n) is 12.1. The normalized spacial score (nSPS) is 20.6. The first-order valence-corrected chi connectivity index (χ1v) is 8.98. The Kier molecular flexibility index (Phi) is 4.77. The molecule has 0 aliphatic carbocycles. The van der Waals surface area contributed by atoms with Crippen LogP contribution in [0.1, 0.15) is 38.7 Å². The van der Waals surface area contributed by atoms with Crippen LogP contribution in [-0.2, 0) is 15.9 Å². The molecule has 3 nitrogen and oxygen atoms in total. The van der Waals surface area contributed by atoms with Crippen LogP contribution < -0.4 is 0 Å². The predicted octanol–water partition coefficient (Wildman–Crippen LogP) is 3.63. The van der Waals surface area contributed by atoms with E-state index in [-0.39, 0.29) is 11.3 Å². The van der Waals surface area contributed by atoms with E-state index < -0.39 is 10.0 Å². The molecule has 0 amide bonds. The Bertz CT molecular complexity index is 569. The molecule has 1 aromatic rings. The molecule has 0 unspecified atom stereocenters. The minimum absolute atomic E-state index is 0.217. The van der Waals surface area contributed by atoms with Gasteiger partial charge < -0.3 is 0 Å². The van der Waals surface area contributed by atoms with Crippen LogP contribution in [0.2, 0.25) is 0 Å². The van der Waals surface area contributed by atoms with E-state index in [4.69, 9.17) is 11.6 Å². The summed E-state index contributed by atoms with van der Waals surface area (Å²) in [5, 5.41) is 0. The van der Waals surface area contributed by atoms with Gasteiger partial charge in [0.1, 0.15) is 0 Å². The fourth-order valence-electron chi connectivity index (χ4n) is 2.64. The second kappa shape index (κ2) is 6.04. The van der Waals surface area contributed by atoms with Gasteiger partial charge in [-0.2, -0.15) is 4.31 Å². The molecule has 0 bridgehead atoms. The summed E-state index contributed by atoms with van der Waals surface area (Å²) in [6.45, 7) is 5.60. The Morgan fingerprint density at radius 2 is 1.90 bits per heavy atom. The molecule has 1 heterocycles. The summed E-state index contributed by atoms with van der Waals surface area (Å²) in [5.74, 6) is 0.217. The average molecular weight is 316 g/mol. The maximum Gasteiger partial charge on any atom is 0.243 e. The quantitative estimate of drug-likeness (QED) is 0.799. The Balaban J connectivity index is 2.30. The molecular formula is C15H22ClNO2S. The topological polar surface area (TPSA) is 37.4 Å². The minimum atomic E-state index is -3.43. The first kappa shape index (κ1) is 15.8. The third-order valence-electron chi connectivity index (χ3n) is 4.03. The maximum absolute atomic E-state index is 12.8. The smallest absolute Gasteiger partial charge is 0.207 e. The van der Waals surface area contributed by atoms with E-state index in [9.17, 15) is 8.42 Å². The van der Waals surface area contributed by atoms with Crippen molar-refractivity contribution >= 4 is 21.6 Å². The molecule has 0 saturated carbocycles. The van der Waals surface area contributed by atoms with Gasteiger partial charge in [-0.05, 0) is 36.3 Å². The van der Waals surface area contributed by atoms with Crippen molar-refractivity contribution in [2.45, 2.75) is 43.9 Å². The summed E-state index contributed by atoms with van der Waals surface area (Å²) in [6, 6.07) is 7.01. The molecule has 112 valence electrons. The van der Waals surface area contributed by atoms with Gasteiger partial charge in [0.2, 0.25) is 10.0 Å². The largest absolute Gasteiger partial charge is 0.243 e. The molecule has 1 aromatic carbocycles. The average Bonchev–Trinajstić information content (AvgIpc) is 2.60. The van der Waals surface area contributed by atoms with E-state index in [2.05, 4.69) is 13.8 Å². The van der Waals surface area contributed by atoms with Crippen LogP contribution in [0.5, 0.6) is 0 Å². The number of sulfonamides is 1. The molecule has 20 heavy (non-hydrogen) atoms. The Hall–Kier alpha value is -0.580. The van der Waals surface area contributed by atoms with Crippen molar-refractivity contribution in [3.8, 4) is 0 Å². The first-order chi connectivity index (χ1) is 9.37. The van der Waals surface area contributed by atoms with Gasteiger partial charge in [0.15, 0.2) is 0 Å². The third-order valence-corrected chi connectivity index (χ3v) is 6.32. The molecule has 0 atom stereocenters. The fourth-order valence-corrected chi connectivity index (χ4v) is 4.66. The number of benzene rings is 1. The van der Waals surface area contributed by atoms with E-state index >= 15 is 0 Å². The van der Waals surface area contributed by atoms with Gasteiger partial charge in [0.05, 0.1) is 4.90 Å². The van der Waals surface area contributed by atoms with Gasteiger partial charge in [-0.15, -0.1) is 11.6 Å². The van der Waals surface area contributed by atoms with E-state index in [0.29, 0.717) is 23.5 Å². The van der Waals surface area contributed by atoms with Crippen LogP contribution in [0.25, 0.3) is 0 Å². The van der Waals surface area contributed by atoms with Crippen molar-refractivity contribution < 1.29 is 8.42 Å². The standard InChI is InChI=1S/C15H22ClNO2S/c1-15(2)8-5-10-17(11-9-15)20(18,19)14-7-4-3-6-13(14)12-16/h3-4,6-7H,5,8-12H2,1-2H3. The number of alkyl halides is 1. The van der Waals surface area contributed by atoms with Crippen LogP contribution in [0.3, 0.4) is 0 Å². The summed E-state index contributed by atoms with van der Waals surface area (Å²) >= 11 is 5.87. The minimum Gasteiger partial charge on any atom is -0.207 e. The maximum atomic E-state index is 12.8. The lowest BCUT2D eigenvalue weighted by Gasteiger charge is -2.23. The highest BCUT2D eigenvalue weighted by Crippen LogP contribution is 2.32. The summed E-state index contributed by atoms with van der Waals surface area (Å²) in [4.78, 5) is 0.356. The second-order valence-electron chi connectivity index (χ2n) is 6.16. The third kappa shape index (κ3) is 3.35. The molecule has 0 N–H and O–H groups in total. The van der Waals surface area contributed by atoms with Crippen LogP contribution in [0.15, 0.2) is 29.2 Å². The number of hydrogen-bond acceptors (Lipinski definition) is 2. The highest BCUT2D eigenvalue weighted by atomic mass is 35.5. The van der Waals surface area contributed by atoms with Crippen molar-refractivity contribution in [3.05, 3.63) is 29.8 Å². The van der Waals surface area contributed by atoms with Crippen molar-refractivity contribution in [2.75, 3.05) is 13.1 Å². The number of rotatable bonds is 3. The predicted molar refractivity (Wildman–Crippen MR) is 82.4 cm³/mol. The monoisotopic (exact) mass is 315 g/mol. The Morgan fingerprint density at radius 1 is 1.20 bits per heavy atom. The SMILES string of the molecule is CC1(C)CCCN(S(=O)(=O)c2ccccc2CCl)CC1. The van der Waals surface area contributed by atoms with E-state index in [0.717, 1.165) is 19.3 Å². The zero-order chi connectivity index (χ0) is 14.8. The molecule has 0 radical (unpaired) electrons. The molecule has 5 heteroatoms. The lowest BCUT2D eigenvalue weighted by molar-refractivity contribution is 0.315. The van der Waals surface area contributed by atoms with Crippen molar-refractivity contribution in [3.63, 3.8) is 0 Å². The van der Waals surface area contributed by atoms with Crippen molar-refractivity contribution in [1.82, 2.24) is 4.31 Å². The van der Waals surface area contributed by atoms with Crippen LogP contribution in [0.4, 0.5) is 0 Å². The van der Waals surface area contributed by atoms with E-state index in [1.54, 1.807) is 22.5 Å². The van der Waals surface area contributed by atoms with Gasteiger partial charge in [-0.3, -0.25) is 0 Å². The highest BCUT2D eigenvalue weighted by molar-refractivity contribution is 7.89. The van der Waals surface area contributed by atoms with Crippen LogP contribution in [0, 0.1) is 5.41 Å².